The van der Waals surface area contributed by atoms with Crippen LogP contribution in [0.3, 0.4) is 0 Å². The summed E-state index contributed by atoms with van der Waals surface area (Å²) in [7, 11) is 0. The molecule has 0 aliphatic heterocycles. The van der Waals surface area contributed by atoms with Gasteiger partial charge in [0.2, 0.25) is 0 Å². The van der Waals surface area contributed by atoms with Gasteiger partial charge in [-0.15, -0.1) is 11.3 Å². The molecular formula is C8H8BrF3OS. The van der Waals surface area contributed by atoms with Gasteiger partial charge in [0.25, 0.3) is 0 Å². The Morgan fingerprint density at radius 3 is 2.57 bits per heavy atom. The lowest BCUT2D eigenvalue weighted by molar-refractivity contribution is -0.145. The summed E-state index contributed by atoms with van der Waals surface area (Å²) < 4.78 is 40.9. The predicted octanol–water partition coefficient (Wildman–Crippen LogP) is 3.98. The molecule has 0 radical (unpaired) electrons. The van der Waals surface area contributed by atoms with E-state index in [0.717, 1.165) is 8.66 Å². The zero-order chi connectivity index (χ0) is 10.6. The minimum Gasteiger partial charge on any atom is -0.376 e. The summed E-state index contributed by atoms with van der Waals surface area (Å²) in [5.41, 5.74) is 0. The second kappa shape index (κ2) is 5.14. The van der Waals surface area contributed by atoms with Gasteiger partial charge in [0.05, 0.1) is 23.4 Å². The van der Waals surface area contributed by atoms with Crippen molar-refractivity contribution in [3.05, 3.63) is 20.8 Å². The number of thiophene rings is 1. The van der Waals surface area contributed by atoms with Gasteiger partial charge in [-0.2, -0.15) is 13.2 Å². The SMILES string of the molecule is FC(F)(F)CCOCc1ccc(Br)s1. The second-order valence-corrected chi connectivity index (χ2v) is 5.17. The normalized spacial score (nSPS) is 12.0. The molecular weight excluding hydrogens is 281 g/mol. The highest BCUT2D eigenvalue weighted by Crippen LogP contribution is 2.23. The third kappa shape index (κ3) is 4.97. The smallest absolute Gasteiger partial charge is 0.376 e. The molecule has 1 aromatic rings. The van der Waals surface area contributed by atoms with Gasteiger partial charge < -0.3 is 4.74 Å². The van der Waals surface area contributed by atoms with Gasteiger partial charge in [-0.3, -0.25) is 0 Å². The molecule has 0 spiro atoms. The van der Waals surface area contributed by atoms with Gasteiger partial charge >= 0.3 is 6.18 Å². The molecule has 1 rings (SSSR count). The van der Waals surface area contributed by atoms with Crippen LogP contribution in [0.1, 0.15) is 11.3 Å². The van der Waals surface area contributed by atoms with E-state index in [1.807, 2.05) is 12.1 Å². The quantitative estimate of drug-likeness (QED) is 0.762. The maximum absolute atomic E-state index is 11.7. The molecule has 0 aliphatic rings. The van der Waals surface area contributed by atoms with Gasteiger partial charge in [0.15, 0.2) is 0 Å². The van der Waals surface area contributed by atoms with Crippen molar-refractivity contribution in [2.24, 2.45) is 0 Å². The van der Waals surface area contributed by atoms with E-state index in [-0.39, 0.29) is 13.2 Å². The minimum atomic E-state index is -4.13. The molecule has 80 valence electrons. The molecule has 1 aromatic heterocycles. The van der Waals surface area contributed by atoms with Crippen molar-refractivity contribution in [3.63, 3.8) is 0 Å². The zero-order valence-electron chi connectivity index (χ0n) is 7.10. The molecule has 0 saturated carbocycles. The van der Waals surface area contributed by atoms with E-state index in [1.165, 1.54) is 11.3 Å². The highest BCUT2D eigenvalue weighted by Gasteiger charge is 2.26. The maximum Gasteiger partial charge on any atom is 0.391 e. The van der Waals surface area contributed by atoms with E-state index >= 15 is 0 Å². The Labute approximate surface area is 92.0 Å². The van der Waals surface area contributed by atoms with Gasteiger partial charge in [-0.25, -0.2) is 0 Å². The van der Waals surface area contributed by atoms with E-state index in [4.69, 9.17) is 4.74 Å². The number of hydrogen-bond donors (Lipinski definition) is 0. The Hall–Kier alpha value is -0.0700. The van der Waals surface area contributed by atoms with Crippen LogP contribution in [-0.2, 0) is 11.3 Å². The third-order valence-corrected chi connectivity index (χ3v) is 3.00. The molecule has 0 amide bonds. The highest BCUT2D eigenvalue weighted by atomic mass is 79.9. The van der Waals surface area contributed by atoms with E-state index in [2.05, 4.69) is 15.9 Å². The Kier molecular flexibility index (Phi) is 4.40. The van der Waals surface area contributed by atoms with Crippen LogP contribution in [0.25, 0.3) is 0 Å². The number of hydrogen-bond acceptors (Lipinski definition) is 2. The van der Waals surface area contributed by atoms with Crippen molar-refractivity contribution in [1.82, 2.24) is 0 Å². The van der Waals surface area contributed by atoms with Crippen molar-refractivity contribution < 1.29 is 17.9 Å². The van der Waals surface area contributed by atoms with Crippen LogP contribution < -0.4 is 0 Å². The molecule has 0 atom stereocenters. The first-order valence-electron chi connectivity index (χ1n) is 3.86. The molecule has 14 heavy (non-hydrogen) atoms. The maximum atomic E-state index is 11.7. The van der Waals surface area contributed by atoms with Gasteiger partial charge in [-0.05, 0) is 28.1 Å². The van der Waals surface area contributed by atoms with Crippen molar-refractivity contribution in [1.29, 1.82) is 0 Å². The summed E-state index contributed by atoms with van der Waals surface area (Å²) in [5.74, 6) is 0. The Morgan fingerprint density at radius 2 is 2.07 bits per heavy atom. The van der Waals surface area contributed by atoms with Crippen LogP contribution in [0, 0.1) is 0 Å². The second-order valence-electron chi connectivity index (χ2n) is 2.62. The summed E-state index contributed by atoms with van der Waals surface area (Å²) in [6.07, 6.45) is -5.02. The molecule has 1 nitrogen and oxygen atoms in total. The summed E-state index contributed by atoms with van der Waals surface area (Å²) in [6, 6.07) is 3.66. The van der Waals surface area contributed by atoms with E-state index in [1.54, 1.807) is 0 Å². The minimum absolute atomic E-state index is 0.242. The van der Waals surface area contributed by atoms with Gasteiger partial charge in [0.1, 0.15) is 0 Å². The fourth-order valence-corrected chi connectivity index (χ4v) is 2.21. The molecule has 0 unspecified atom stereocenters. The first-order chi connectivity index (χ1) is 6.47. The molecule has 0 saturated heterocycles. The number of ether oxygens (including phenoxy) is 1. The fourth-order valence-electron chi connectivity index (χ4n) is 0.790. The van der Waals surface area contributed by atoms with Crippen LogP contribution in [0.5, 0.6) is 0 Å². The van der Waals surface area contributed by atoms with E-state index < -0.39 is 12.6 Å². The number of alkyl halides is 3. The number of rotatable bonds is 4. The van der Waals surface area contributed by atoms with Crippen molar-refractivity contribution in [2.75, 3.05) is 6.61 Å². The lowest BCUT2D eigenvalue weighted by Crippen LogP contribution is -2.11. The van der Waals surface area contributed by atoms with Crippen molar-refractivity contribution in [3.8, 4) is 0 Å². The van der Waals surface area contributed by atoms with E-state index in [0.29, 0.717) is 0 Å². The van der Waals surface area contributed by atoms with E-state index in [9.17, 15) is 13.2 Å². The van der Waals surface area contributed by atoms with Gasteiger partial charge in [0, 0.05) is 4.88 Å². The Bertz CT molecular complexity index is 284. The summed E-state index contributed by atoms with van der Waals surface area (Å²) in [6.45, 7) is -0.0363. The first kappa shape index (κ1) is 12.0. The average molecular weight is 289 g/mol. The third-order valence-electron chi connectivity index (χ3n) is 1.40. The lowest BCUT2D eigenvalue weighted by Gasteiger charge is -2.05. The number of halogens is 4. The monoisotopic (exact) mass is 288 g/mol. The average Bonchev–Trinajstić information content (AvgIpc) is 2.44. The topological polar surface area (TPSA) is 9.23 Å². The fraction of sp³-hybridized carbons (Fsp3) is 0.500. The molecule has 6 heteroatoms. The molecule has 0 aliphatic carbocycles. The van der Waals surface area contributed by atoms with Crippen molar-refractivity contribution in [2.45, 2.75) is 19.2 Å². The molecule has 0 fully saturated rings. The first-order valence-corrected chi connectivity index (χ1v) is 5.47. The largest absolute Gasteiger partial charge is 0.391 e. The lowest BCUT2D eigenvalue weighted by atomic mass is 10.4. The van der Waals surface area contributed by atoms with Crippen LogP contribution >= 0.6 is 27.3 Å². The summed E-state index contributed by atoms with van der Waals surface area (Å²) >= 11 is 4.71. The predicted molar refractivity (Wildman–Crippen MR) is 52.3 cm³/mol. The molecule has 0 bridgehead atoms. The Morgan fingerprint density at radius 1 is 1.36 bits per heavy atom. The summed E-state index contributed by atoms with van der Waals surface area (Å²) in [4.78, 5) is 0.916. The van der Waals surface area contributed by atoms with Crippen LogP contribution in [0.4, 0.5) is 13.2 Å². The van der Waals surface area contributed by atoms with Gasteiger partial charge in [-0.1, -0.05) is 0 Å². The van der Waals surface area contributed by atoms with Crippen LogP contribution in [-0.4, -0.2) is 12.8 Å². The van der Waals surface area contributed by atoms with Crippen molar-refractivity contribution >= 4 is 27.3 Å². The van der Waals surface area contributed by atoms with Crippen LogP contribution in [0.15, 0.2) is 15.9 Å². The Balaban J connectivity index is 2.16. The molecule has 0 aromatic carbocycles. The highest BCUT2D eigenvalue weighted by molar-refractivity contribution is 9.11. The summed E-state index contributed by atoms with van der Waals surface area (Å²) in [5, 5.41) is 0. The molecule has 0 N–H and O–H groups in total. The van der Waals surface area contributed by atoms with Crippen LogP contribution in [0.2, 0.25) is 0 Å². The zero-order valence-corrected chi connectivity index (χ0v) is 9.51. The standard InChI is InChI=1S/C8H8BrF3OS/c9-7-2-1-6(14-7)5-13-4-3-8(10,11)12/h1-2H,3-5H2. The molecule has 1 heterocycles.